The average Bonchev–Trinajstić information content (AvgIpc) is 3.21. The molecular weight excluding hydrogens is 430 g/mol. The summed E-state index contributed by atoms with van der Waals surface area (Å²) in [4.78, 5) is 24.0. The van der Waals surface area contributed by atoms with Crippen LogP contribution in [0.1, 0.15) is 22.3 Å². The molecule has 4 aromatic rings. The van der Waals surface area contributed by atoms with Crippen molar-refractivity contribution in [1.29, 1.82) is 0 Å². The Hall–Kier alpha value is -2.96. The van der Waals surface area contributed by atoms with Gasteiger partial charge in [0.1, 0.15) is 11.3 Å². The molecule has 5 nitrogen and oxygen atoms in total. The Kier molecular flexibility index (Phi) is 6.20. The van der Waals surface area contributed by atoms with E-state index in [1.807, 2.05) is 24.3 Å². The van der Waals surface area contributed by atoms with E-state index in [1.54, 1.807) is 36.5 Å². The molecule has 0 spiro atoms. The Balaban J connectivity index is 1.73. The second-order valence-electron chi connectivity index (χ2n) is 7.35. The van der Waals surface area contributed by atoms with E-state index in [9.17, 15) is 4.79 Å². The van der Waals surface area contributed by atoms with Crippen molar-refractivity contribution in [2.24, 2.45) is 0 Å². The van der Waals surface area contributed by atoms with Crippen molar-refractivity contribution in [3.63, 3.8) is 0 Å². The number of pyridine rings is 1. The van der Waals surface area contributed by atoms with E-state index < -0.39 is 0 Å². The Morgan fingerprint density at radius 2 is 1.84 bits per heavy atom. The summed E-state index contributed by atoms with van der Waals surface area (Å²) < 4.78 is 6.25. The second-order valence-corrected chi connectivity index (χ2v) is 8.74. The minimum Gasteiger partial charge on any atom is -0.494 e. The monoisotopic (exact) mass is 451 g/mol. The highest BCUT2D eigenvalue weighted by Crippen LogP contribution is 2.39. The molecular formula is C24H22ClN3O2S. The molecule has 31 heavy (non-hydrogen) atoms. The van der Waals surface area contributed by atoms with Crippen LogP contribution < -0.4 is 9.64 Å². The van der Waals surface area contributed by atoms with Gasteiger partial charge in [0.2, 0.25) is 5.91 Å². The van der Waals surface area contributed by atoms with Crippen molar-refractivity contribution in [1.82, 2.24) is 9.97 Å². The zero-order chi connectivity index (χ0) is 22.0. The van der Waals surface area contributed by atoms with Gasteiger partial charge in [-0.15, -0.1) is 0 Å². The number of halogens is 1. The van der Waals surface area contributed by atoms with Crippen LogP contribution in [0.15, 0.2) is 54.9 Å². The van der Waals surface area contributed by atoms with Crippen LogP contribution in [0.2, 0.25) is 5.02 Å². The normalized spacial score (nSPS) is 11.0. The Morgan fingerprint density at radius 1 is 1.06 bits per heavy atom. The van der Waals surface area contributed by atoms with Gasteiger partial charge in [-0.1, -0.05) is 41.1 Å². The smallest absolute Gasteiger partial charge is 0.233 e. The van der Waals surface area contributed by atoms with Crippen LogP contribution in [0.5, 0.6) is 5.75 Å². The number of methoxy groups -OCH3 is 1. The van der Waals surface area contributed by atoms with Gasteiger partial charge < -0.3 is 4.74 Å². The first-order chi connectivity index (χ1) is 15.0. The fourth-order valence-electron chi connectivity index (χ4n) is 3.34. The maximum Gasteiger partial charge on any atom is 0.233 e. The fraction of sp³-hybridized carbons (Fsp3) is 0.208. The summed E-state index contributed by atoms with van der Waals surface area (Å²) in [5, 5.41) is 1.18. The van der Waals surface area contributed by atoms with Crippen molar-refractivity contribution in [3.05, 3.63) is 82.1 Å². The van der Waals surface area contributed by atoms with E-state index in [0.717, 1.165) is 15.8 Å². The quantitative estimate of drug-likeness (QED) is 0.374. The number of aryl methyl sites for hydroxylation is 2. The molecule has 0 aliphatic carbocycles. The number of carbonyl (C=O) groups excluding carboxylic acids is 1. The van der Waals surface area contributed by atoms with Crippen molar-refractivity contribution in [3.8, 4) is 5.75 Å². The lowest BCUT2D eigenvalue weighted by Crippen LogP contribution is -2.31. The molecule has 2 aromatic carbocycles. The predicted molar refractivity (Wildman–Crippen MR) is 126 cm³/mol. The number of aromatic nitrogens is 2. The summed E-state index contributed by atoms with van der Waals surface area (Å²) >= 11 is 7.80. The molecule has 0 aliphatic rings. The van der Waals surface area contributed by atoms with Gasteiger partial charge >= 0.3 is 0 Å². The number of rotatable bonds is 6. The number of hydrogen-bond acceptors (Lipinski definition) is 5. The van der Waals surface area contributed by atoms with Crippen LogP contribution in [0, 0.1) is 13.8 Å². The summed E-state index contributed by atoms with van der Waals surface area (Å²) in [7, 11) is 1.60. The lowest BCUT2D eigenvalue weighted by Gasteiger charge is -2.20. The molecule has 0 saturated carbocycles. The van der Waals surface area contributed by atoms with Gasteiger partial charge in [0.25, 0.3) is 0 Å². The zero-order valence-electron chi connectivity index (χ0n) is 17.6. The van der Waals surface area contributed by atoms with Crippen LogP contribution in [-0.2, 0) is 17.8 Å². The molecule has 0 unspecified atom stereocenters. The third-order valence-corrected chi connectivity index (χ3v) is 6.75. The van der Waals surface area contributed by atoms with E-state index in [0.29, 0.717) is 28.0 Å². The van der Waals surface area contributed by atoms with Crippen molar-refractivity contribution < 1.29 is 9.53 Å². The summed E-state index contributed by atoms with van der Waals surface area (Å²) in [6.45, 7) is 4.51. The molecule has 1 amide bonds. The second kappa shape index (κ2) is 9.04. The highest BCUT2D eigenvalue weighted by atomic mass is 35.5. The number of amides is 1. The highest BCUT2D eigenvalue weighted by Gasteiger charge is 2.23. The number of anilines is 1. The summed E-state index contributed by atoms with van der Waals surface area (Å²) in [6, 6.07) is 13.5. The summed E-state index contributed by atoms with van der Waals surface area (Å²) in [5.74, 6) is 0.599. The van der Waals surface area contributed by atoms with E-state index >= 15 is 0 Å². The van der Waals surface area contributed by atoms with Gasteiger partial charge in [-0.05, 0) is 60.4 Å². The predicted octanol–water partition coefficient (Wildman–Crippen LogP) is 5.75. The molecule has 0 atom stereocenters. The van der Waals surface area contributed by atoms with Gasteiger partial charge in [0.15, 0.2) is 5.13 Å². The standard InChI is InChI=1S/C24H22ClN3O2S/c1-15-4-5-18(12-16(15)2)13-21(29)28(14-17-8-10-26-11-9-17)24-27-22-20(30-3)7-6-19(25)23(22)31-24/h4-12H,13-14H2,1-3H3. The maximum absolute atomic E-state index is 13.4. The van der Waals surface area contributed by atoms with Crippen LogP contribution >= 0.6 is 22.9 Å². The highest BCUT2D eigenvalue weighted by molar-refractivity contribution is 7.23. The molecule has 2 heterocycles. The number of thiazole rings is 1. The minimum atomic E-state index is -0.0331. The van der Waals surface area contributed by atoms with E-state index in [4.69, 9.17) is 21.3 Å². The first kappa shape index (κ1) is 21.3. The Labute approximate surface area is 190 Å². The van der Waals surface area contributed by atoms with Crippen LogP contribution in [0.25, 0.3) is 10.2 Å². The van der Waals surface area contributed by atoms with Gasteiger partial charge in [-0.3, -0.25) is 14.7 Å². The average molecular weight is 452 g/mol. The van der Waals surface area contributed by atoms with E-state index in [-0.39, 0.29) is 12.3 Å². The topological polar surface area (TPSA) is 55.3 Å². The fourth-order valence-corrected chi connectivity index (χ4v) is 4.61. The van der Waals surface area contributed by atoms with E-state index in [2.05, 4.69) is 24.9 Å². The molecule has 0 bridgehead atoms. The number of ether oxygens (including phenoxy) is 1. The number of fused-ring (bicyclic) bond motifs is 1. The van der Waals surface area contributed by atoms with Gasteiger partial charge in [0.05, 0.1) is 29.8 Å². The number of benzene rings is 2. The summed E-state index contributed by atoms with van der Waals surface area (Å²) in [5.41, 5.74) is 4.99. The number of nitrogens with zero attached hydrogens (tertiary/aromatic N) is 3. The molecule has 0 fully saturated rings. The van der Waals surface area contributed by atoms with Gasteiger partial charge in [-0.25, -0.2) is 4.98 Å². The first-order valence-corrected chi connectivity index (χ1v) is 11.0. The Morgan fingerprint density at radius 3 is 2.55 bits per heavy atom. The molecule has 4 rings (SSSR count). The molecule has 2 aromatic heterocycles. The maximum atomic E-state index is 13.4. The summed E-state index contributed by atoms with van der Waals surface area (Å²) in [6.07, 6.45) is 3.73. The van der Waals surface area contributed by atoms with E-state index in [1.165, 1.54) is 22.5 Å². The SMILES string of the molecule is COc1ccc(Cl)c2sc(N(Cc3ccncc3)C(=O)Cc3ccc(C)c(C)c3)nc12. The molecule has 7 heteroatoms. The third kappa shape index (κ3) is 4.55. The van der Waals surface area contributed by atoms with Crippen molar-refractivity contribution in [2.75, 3.05) is 12.0 Å². The molecule has 0 radical (unpaired) electrons. The minimum absolute atomic E-state index is 0.0331. The lowest BCUT2D eigenvalue weighted by atomic mass is 10.0. The molecule has 0 N–H and O–H groups in total. The molecule has 0 saturated heterocycles. The van der Waals surface area contributed by atoms with Crippen LogP contribution in [-0.4, -0.2) is 23.0 Å². The molecule has 0 aliphatic heterocycles. The third-order valence-electron chi connectivity index (χ3n) is 5.22. The van der Waals surface area contributed by atoms with Gasteiger partial charge in [0, 0.05) is 12.4 Å². The van der Waals surface area contributed by atoms with Crippen molar-refractivity contribution >= 4 is 44.2 Å². The van der Waals surface area contributed by atoms with Crippen LogP contribution in [0.3, 0.4) is 0 Å². The Bertz CT molecular complexity index is 1240. The zero-order valence-corrected chi connectivity index (χ0v) is 19.1. The van der Waals surface area contributed by atoms with Gasteiger partial charge in [-0.2, -0.15) is 0 Å². The molecule has 158 valence electrons. The largest absolute Gasteiger partial charge is 0.494 e. The number of carbonyl (C=O) groups is 1. The first-order valence-electron chi connectivity index (χ1n) is 9.84. The van der Waals surface area contributed by atoms with Crippen LogP contribution in [0.4, 0.5) is 5.13 Å². The number of hydrogen-bond donors (Lipinski definition) is 0. The lowest BCUT2D eigenvalue weighted by molar-refractivity contribution is -0.118. The van der Waals surface area contributed by atoms with Crippen molar-refractivity contribution in [2.45, 2.75) is 26.8 Å².